The van der Waals surface area contributed by atoms with Crippen LogP contribution in [0.5, 0.6) is 5.75 Å². The molecule has 48 heavy (non-hydrogen) atoms. The van der Waals surface area contributed by atoms with Crippen molar-refractivity contribution in [3.05, 3.63) is 163 Å². The van der Waals surface area contributed by atoms with Crippen LogP contribution in [0.15, 0.2) is 162 Å². The molecule has 2 heteroatoms. The molecule has 2 atom stereocenters. The Kier molecular flexibility index (Phi) is 5.25. The van der Waals surface area contributed by atoms with Gasteiger partial charge in [0.2, 0.25) is 0 Å². The van der Waals surface area contributed by atoms with E-state index in [0.717, 1.165) is 38.8 Å². The zero-order valence-electron chi connectivity index (χ0n) is 26.0. The number of hydrogen-bond acceptors (Lipinski definition) is 2. The van der Waals surface area contributed by atoms with Crippen LogP contribution in [-0.2, 0) is 0 Å². The molecule has 1 aliphatic carbocycles. The third-order valence-corrected chi connectivity index (χ3v) is 10.6. The maximum atomic E-state index is 6.39. The van der Waals surface area contributed by atoms with Crippen LogP contribution in [0.25, 0.3) is 87.6 Å². The van der Waals surface area contributed by atoms with Crippen molar-refractivity contribution in [2.24, 2.45) is 0 Å². The Morgan fingerprint density at radius 3 is 1.90 bits per heavy atom. The zero-order valence-corrected chi connectivity index (χ0v) is 26.0. The van der Waals surface area contributed by atoms with E-state index >= 15 is 0 Å². The van der Waals surface area contributed by atoms with Gasteiger partial charge in [-0.3, -0.25) is 0 Å². The lowest BCUT2D eigenvalue weighted by molar-refractivity contribution is 0.269. The molecule has 0 saturated carbocycles. The van der Waals surface area contributed by atoms with Crippen LogP contribution in [-0.4, -0.2) is 6.10 Å². The molecule has 1 aromatic heterocycles. The van der Waals surface area contributed by atoms with Crippen LogP contribution in [0.2, 0.25) is 0 Å². The maximum absolute atomic E-state index is 6.39. The molecular weight excluding hydrogens is 585 g/mol. The molecule has 1 aliphatic heterocycles. The van der Waals surface area contributed by atoms with E-state index in [1.165, 1.54) is 60.1 Å². The molecule has 9 aromatic rings. The standard InChI is InChI=1S/C46H28O2/c1-3-10-41-35(6-1)37-23-20-31(26-43(37)47-41)33-22-17-30-18-24-38-32(21-16-29-19-25-39(33)45(30)44(29)38)27-12-14-28(15-13-27)34-8-5-9-40-36-7-2-4-11-42(36)48-46(34)40/h1-26,35,41H. The summed E-state index contributed by atoms with van der Waals surface area (Å²) in [6, 6.07) is 48.7. The number of hydrogen-bond donors (Lipinski definition) is 0. The smallest absolute Gasteiger partial charge is 0.143 e. The van der Waals surface area contributed by atoms with E-state index in [4.69, 9.17) is 9.15 Å². The first kappa shape index (κ1) is 26.0. The van der Waals surface area contributed by atoms with Crippen molar-refractivity contribution in [3.63, 3.8) is 0 Å². The Morgan fingerprint density at radius 1 is 0.458 bits per heavy atom. The predicted molar refractivity (Wildman–Crippen MR) is 199 cm³/mol. The van der Waals surface area contributed by atoms with Gasteiger partial charge in [0.05, 0.1) is 0 Å². The molecule has 2 unspecified atom stereocenters. The second kappa shape index (κ2) is 9.70. The van der Waals surface area contributed by atoms with Crippen molar-refractivity contribution in [2.75, 3.05) is 0 Å². The van der Waals surface area contributed by atoms with E-state index in [1.54, 1.807) is 0 Å². The minimum atomic E-state index is 0.0908. The van der Waals surface area contributed by atoms with Crippen molar-refractivity contribution < 1.29 is 9.15 Å². The summed E-state index contributed by atoms with van der Waals surface area (Å²) >= 11 is 0. The molecule has 0 spiro atoms. The van der Waals surface area contributed by atoms with Gasteiger partial charge in [-0.2, -0.15) is 0 Å². The molecule has 0 saturated heterocycles. The molecule has 2 aliphatic rings. The summed E-state index contributed by atoms with van der Waals surface area (Å²) in [6.07, 6.45) is 8.71. The van der Waals surface area contributed by atoms with E-state index in [0.29, 0.717) is 5.92 Å². The van der Waals surface area contributed by atoms with Gasteiger partial charge >= 0.3 is 0 Å². The first-order valence-corrected chi connectivity index (χ1v) is 16.7. The number of ether oxygens (including phenoxy) is 1. The molecule has 8 aromatic carbocycles. The highest BCUT2D eigenvalue weighted by atomic mass is 16.5. The lowest BCUT2D eigenvalue weighted by atomic mass is 9.86. The fourth-order valence-electron chi connectivity index (χ4n) is 8.31. The normalized spacial score (nSPS) is 16.8. The summed E-state index contributed by atoms with van der Waals surface area (Å²) in [6.45, 7) is 0. The Balaban J connectivity index is 1.03. The molecule has 0 N–H and O–H groups in total. The van der Waals surface area contributed by atoms with Gasteiger partial charge in [0.15, 0.2) is 0 Å². The largest absolute Gasteiger partial charge is 0.485 e. The average molecular weight is 613 g/mol. The van der Waals surface area contributed by atoms with Gasteiger partial charge in [-0.05, 0) is 78.3 Å². The molecule has 0 fully saturated rings. The van der Waals surface area contributed by atoms with Gasteiger partial charge in [0.25, 0.3) is 0 Å². The molecule has 2 heterocycles. The van der Waals surface area contributed by atoms with Crippen LogP contribution >= 0.6 is 0 Å². The minimum Gasteiger partial charge on any atom is -0.485 e. The Bertz CT molecular complexity index is 2810. The molecule has 2 nitrogen and oxygen atoms in total. The summed E-state index contributed by atoms with van der Waals surface area (Å²) < 4.78 is 12.7. The molecule has 0 bridgehead atoms. The van der Waals surface area contributed by atoms with Crippen molar-refractivity contribution in [1.82, 2.24) is 0 Å². The van der Waals surface area contributed by atoms with Gasteiger partial charge < -0.3 is 9.15 Å². The lowest BCUT2D eigenvalue weighted by Crippen LogP contribution is -2.15. The third-order valence-electron chi connectivity index (χ3n) is 10.6. The first-order valence-electron chi connectivity index (χ1n) is 16.7. The number of para-hydroxylation sites is 2. The number of fused-ring (bicyclic) bond motifs is 6. The van der Waals surface area contributed by atoms with Gasteiger partial charge in [0, 0.05) is 27.8 Å². The number of allylic oxidation sites excluding steroid dienone is 2. The maximum Gasteiger partial charge on any atom is 0.143 e. The summed E-state index contributed by atoms with van der Waals surface area (Å²) in [4.78, 5) is 0. The van der Waals surface area contributed by atoms with Crippen molar-refractivity contribution in [2.45, 2.75) is 12.0 Å². The molecule has 11 rings (SSSR count). The van der Waals surface area contributed by atoms with E-state index < -0.39 is 0 Å². The first-order chi connectivity index (χ1) is 23.8. The van der Waals surface area contributed by atoms with Gasteiger partial charge in [-0.1, -0.05) is 140 Å². The summed E-state index contributed by atoms with van der Waals surface area (Å²) in [5, 5.41) is 10.0. The van der Waals surface area contributed by atoms with E-state index in [1.807, 2.05) is 12.1 Å². The second-order valence-electron chi connectivity index (χ2n) is 13.1. The van der Waals surface area contributed by atoms with Gasteiger partial charge in [-0.25, -0.2) is 0 Å². The van der Waals surface area contributed by atoms with Crippen LogP contribution in [0, 0.1) is 0 Å². The van der Waals surface area contributed by atoms with Crippen LogP contribution < -0.4 is 4.74 Å². The van der Waals surface area contributed by atoms with E-state index in [2.05, 4.69) is 146 Å². The highest BCUT2D eigenvalue weighted by Gasteiger charge is 2.32. The average Bonchev–Trinajstić information content (AvgIpc) is 3.72. The van der Waals surface area contributed by atoms with Crippen molar-refractivity contribution in [3.8, 4) is 39.1 Å². The monoisotopic (exact) mass is 612 g/mol. The molecular formula is C46H28O2. The van der Waals surface area contributed by atoms with Crippen molar-refractivity contribution in [1.29, 1.82) is 0 Å². The summed E-state index contributed by atoms with van der Waals surface area (Å²) in [5.41, 5.74) is 10.3. The van der Waals surface area contributed by atoms with Crippen LogP contribution in [0.1, 0.15) is 11.5 Å². The number of furan rings is 1. The minimum absolute atomic E-state index is 0.0908. The van der Waals surface area contributed by atoms with Crippen molar-refractivity contribution >= 4 is 54.3 Å². The second-order valence-corrected chi connectivity index (χ2v) is 13.1. The fourth-order valence-corrected chi connectivity index (χ4v) is 8.31. The lowest BCUT2D eigenvalue weighted by Gasteiger charge is -2.17. The Hall–Kier alpha value is -6.12. The summed E-state index contributed by atoms with van der Waals surface area (Å²) in [7, 11) is 0. The third kappa shape index (κ3) is 3.63. The van der Waals surface area contributed by atoms with Gasteiger partial charge in [0.1, 0.15) is 23.0 Å². The quantitative estimate of drug-likeness (QED) is 0.185. The SMILES string of the molecule is C1=CC2Oc3cc(-c4ccc5ccc6c(-c7ccc(-c8cccc9c8oc8ccccc89)cc7)ccc7ccc4c5c76)ccc3C2C=C1. The number of rotatable bonds is 3. The topological polar surface area (TPSA) is 22.4 Å². The van der Waals surface area contributed by atoms with Crippen LogP contribution in [0.3, 0.4) is 0 Å². The number of benzene rings is 8. The fraction of sp³-hybridized carbons (Fsp3) is 0.0435. The molecule has 0 radical (unpaired) electrons. The highest BCUT2D eigenvalue weighted by Crippen LogP contribution is 2.46. The zero-order chi connectivity index (χ0) is 31.3. The highest BCUT2D eigenvalue weighted by molar-refractivity contribution is 6.27. The van der Waals surface area contributed by atoms with E-state index in [9.17, 15) is 0 Å². The van der Waals surface area contributed by atoms with Gasteiger partial charge in [-0.15, -0.1) is 0 Å². The van der Waals surface area contributed by atoms with Crippen LogP contribution in [0.4, 0.5) is 0 Å². The van der Waals surface area contributed by atoms with E-state index in [-0.39, 0.29) is 6.10 Å². The summed E-state index contributed by atoms with van der Waals surface area (Å²) in [5.74, 6) is 1.29. The predicted octanol–water partition coefficient (Wildman–Crippen LogP) is 12.5. The molecule has 0 amide bonds. The Labute approximate surface area is 277 Å². The Morgan fingerprint density at radius 2 is 1.10 bits per heavy atom. The molecule has 224 valence electrons.